The summed E-state index contributed by atoms with van der Waals surface area (Å²) in [5.41, 5.74) is 4.23. The topological polar surface area (TPSA) is 99.7 Å². The van der Waals surface area contributed by atoms with Gasteiger partial charge in [0, 0.05) is 55.8 Å². The second-order valence-electron chi connectivity index (χ2n) is 8.13. The van der Waals surface area contributed by atoms with Gasteiger partial charge in [-0.15, -0.1) is 0 Å². The Morgan fingerprint density at radius 1 is 1.06 bits per heavy atom. The zero-order valence-corrected chi connectivity index (χ0v) is 17.6. The number of amides is 1. The lowest BCUT2D eigenvalue weighted by molar-refractivity contribution is -0.0566. The van der Waals surface area contributed by atoms with Gasteiger partial charge in [0.15, 0.2) is 5.69 Å². The van der Waals surface area contributed by atoms with E-state index >= 15 is 0 Å². The number of alkyl halides is 2. The highest BCUT2D eigenvalue weighted by molar-refractivity contribution is 6.11. The lowest BCUT2D eigenvalue weighted by atomic mass is 10.0. The molecule has 1 aliphatic rings. The predicted molar refractivity (Wildman–Crippen MR) is 119 cm³/mol. The van der Waals surface area contributed by atoms with E-state index in [1.54, 1.807) is 18.5 Å². The molecule has 4 heterocycles. The summed E-state index contributed by atoms with van der Waals surface area (Å²) in [5.74, 6) is -2.92. The maximum absolute atomic E-state index is 13.4. The number of rotatable bonds is 5. The number of pyridine rings is 1. The highest BCUT2D eigenvalue weighted by Gasteiger charge is 2.33. The number of carbonyl (C=O) groups excluding carboxylic acids is 1. The van der Waals surface area contributed by atoms with Gasteiger partial charge >= 0.3 is 0 Å². The molecule has 1 saturated heterocycles. The van der Waals surface area contributed by atoms with E-state index in [4.69, 9.17) is 0 Å². The van der Waals surface area contributed by atoms with Gasteiger partial charge < -0.3 is 5.32 Å². The van der Waals surface area contributed by atoms with Gasteiger partial charge in [-0.3, -0.25) is 19.8 Å². The van der Waals surface area contributed by atoms with E-state index < -0.39 is 5.92 Å². The summed E-state index contributed by atoms with van der Waals surface area (Å²) in [7, 11) is 0. The van der Waals surface area contributed by atoms with Crippen molar-refractivity contribution in [2.24, 2.45) is 0 Å². The smallest absolute Gasteiger partial charge is 0.276 e. The van der Waals surface area contributed by atoms with E-state index in [9.17, 15) is 13.6 Å². The third kappa shape index (κ3) is 4.70. The van der Waals surface area contributed by atoms with Crippen LogP contribution in [0.2, 0.25) is 0 Å². The molecule has 1 aromatic carbocycles. The summed E-state index contributed by atoms with van der Waals surface area (Å²) >= 11 is 0. The molecule has 0 radical (unpaired) electrons. The first-order valence-electron chi connectivity index (χ1n) is 10.6. The second-order valence-corrected chi connectivity index (χ2v) is 8.13. The molecule has 0 unspecified atom stereocenters. The third-order valence-corrected chi connectivity index (χ3v) is 5.74. The standard InChI is InChI=1S/C23H21F2N7O/c24-23(25)4-7-32(8-5-23)14-15-9-17(12-26-11-15)16-1-2-20-19(10-16)21(31-30-20)22(33)29-18-3-6-27-28-13-18/h1-3,6,9-13H,4-5,7-8,14H2,(H,30,31)(H,27,29,33). The van der Waals surface area contributed by atoms with Crippen LogP contribution in [-0.4, -0.2) is 55.2 Å². The predicted octanol–water partition coefficient (Wildman–Crippen LogP) is 3.90. The minimum absolute atomic E-state index is 0.113. The maximum atomic E-state index is 13.4. The number of piperidine rings is 1. The number of aromatic amines is 1. The molecule has 1 aliphatic heterocycles. The molecule has 0 aliphatic carbocycles. The van der Waals surface area contributed by atoms with Gasteiger partial charge in [0.25, 0.3) is 11.8 Å². The summed E-state index contributed by atoms with van der Waals surface area (Å²) in [6, 6.07) is 9.33. The van der Waals surface area contributed by atoms with Crippen LogP contribution in [0.15, 0.2) is 55.1 Å². The number of nitrogens with zero attached hydrogens (tertiary/aromatic N) is 5. The Hall–Kier alpha value is -3.79. The first kappa shape index (κ1) is 21.1. The molecule has 33 heavy (non-hydrogen) atoms. The van der Waals surface area contributed by atoms with Crippen LogP contribution in [0.4, 0.5) is 14.5 Å². The van der Waals surface area contributed by atoms with E-state index in [0.29, 0.717) is 30.7 Å². The number of nitrogens with one attached hydrogen (secondary N) is 2. The van der Waals surface area contributed by atoms with Crippen LogP contribution in [-0.2, 0) is 6.54 Å². The van der Waals surface area contributed by atoms with Crippen molar-refractivity contribution in [1.82, 2.24) is 30.3 Å². The highest BCUT2D eigenvalue weighted by Crippen LogP contribution is 2.29. The number of fused-ring (bicyclic) bond motifs is 1. The Kier molecular flexibility index (Phi) is 5.51. The summed E-state index contributed by atoms with van der Waals surface area (Å²) in [6.07, 6.45) is 6.23. The number of anilines is 1. The Labute approximate surface area is 188 Å². The van der Waals surface area contributed by atoms with Crippen LogP contribution < -0.4 is 5.32 Å². The lowest BCUT2D eigenvalue weighted by Gasteiger charge is -2.31. The van der Waals surface area contributed by atoms with Crippen molar-refractivity contribution in [3.05, 3.63) is 66.4 Å². The number of aromatic nitrogens is 5. The molecular formula is C23H21F2N7O. The van der Waals surface area contributed by atoms with Crippen molar-refractivity contribution < 1.29 is 13.6 Å². The van der Waals surface area contributed by atoms with Crippen molar-refractivity contribution in [1.29, 1.82) is 0 Å². The number of halogens is 2. The summed E-state index contributed by atoms with van der Waals surface area (Å²) in [6.45, 7) is 1.30. The van der Waals surface area contributed by atoms with Crippen LogP contribution in [0.5, 0.6) is 0 Å². The zero-order valence-electron chi connectivity index (χ0n) is 17.6. The number of hydrogen-bond acceptors (Lipinski definition) is 6. The Balaban J connectivity index is 1.37. The molecule has 1 fully saturated rings. The average Bonchev–Trinajstić information content (AvgIpc) is 3.25. The van der Waals surface area contributed by atoms with Gasteiger partial charge in [-0.1, -0.05) is 6.07 Å². The monoisotopic (exact) mass is 449 g/mol. The van der Waals surface area contributed by atoms with Crippen LogP contribution >= 0.6 is 0 Å². The molecule has 0 spiro atoms. The van der Waals surface area contributed by atoms with Crippen molar-refractivity contribution >= 4 is 22.5 Å². The summed E-state index contributed by atoms with van der Waals surface area (Å²) in [5, 5.41) is 17.9. The number of hydrogen-bond donors (Lipinski definition) is 2. The highest BCUT2D eigenvalue weighted by atomic mass is 19.3. The van der Waals surface area contributed by atoms with E-state index in [2.05, 4.69) is 30.7 Å². The van der Waals surface area contributed by atoms with Gasteiger partial charge in [0.05, 0.1) is 23.6 Å². The number of H-pyrrole nitrogens is 1. The summed E-state index contributed by atoms with van der Waals surface area (Å²) < 4.78 is 26.9. The van der Waals surface area contributed by atoms with Gasteiger partial charge in [0.1, 0.15) is 0 Å². The van der Waals surface area contributed by atoms with Crippen molar-refractivity contribution in [2.45, 2.75) is 25.3 Å². The molecule has 1 amide bonds. The van der Waals surface area contributed by atoms with Crippen LogP contribution in [0, 0.1) is 0 Å². The normalized spacial score (nSPS) is 16.1. The molecule has 2 N–H and O–H groups in total. The van der Waals surface area contributed by atoms with Crippen LogP contribution in [0.3, 0.4) is 0 Å². The second kappa shape index (κ2) is 8.62. The van der Waals surface area contributed by atoms with Gasteiger partial charge in [-0.05, 0) is 35.4 Å². The van der Waals surface area contributed by atoms with Crippen molar-refractivity contribution in [3.8, 4) is 11.1 Å². The fourth-order valence-corrected chi connectivity index (χ4v) is 3.95. The van der Waals surface area contributed by atoms with E-state index in [0.717, 1.165) is 22.2 Å². The van der Waals surface area contributed by atoms with Crippen molar-refractivity contribution in [3.63, 3.8) is 0 Å². The largest absolute Gasteiger partial charge is 0.319 e. The van der Waals surface area contributed by atoms with E-state index in [1.807, 2.05) is 29.2 Å². The molecule has 3 aromatic heterocycles. The molecular weight excluding hydrogens is 428 g/mol. The quantitative estimate of drug-likeness (QED) is 0.479. The fraction of sp³-hybridized carbons (Fsp3) is 0.261. The average molecular weight is 449 g/mol. The van der Waals surface area contributed by atoms with E-state index in [1.165, 1.54) is 12.4 Å². The number of carbonyl (C=O) groups is 1. The van der Waals surface area contributed by atoms with Gasteiger partial charge in [-0.2, -0.15) is 15.3 Å². The fourth-order valence-electron chi connectivity index (χ4n) is 3.95. The minimum atomic E-state index is -2.56. The van der Waals surface area contributed by atoms with Crippen LogP contribution in [0.1, 0.15) is 28.9 Å². The third-order valence-electron chi connectivity index (χ3n) is 5.74. The first-order chi connectivity index (χ1) is 16.0. The maximum Gasteiger partial charge on any atom is 0.276 e. The molecule has 0 saturated carbocycles. The Morgan fingerprint density at radius 3 is 2.70 bits per heavy atom. The molecule has 4 aromatic rings. The zero-order chi connectivity index (χ0) is 22.8. The SMILES string of the molecule is O=C(Nc1ccnnc1)c1n[nH]c2ccc(-c3cncc(CN4CCC(F)(F)CC4)c3)cc12. The molecule has 0 atom stereocenters. The Bertz CT molecular complexity index is 1280. The molecule has 0 bridgehead atoms. The van der Waals surface area contributed by atoms with Crippen molar-refractivity contribution in [2.75, 3.05) is 18.4 Å². The van der Waals surface area contributed by atoms with Crippen LogP contribution in [0.25, 0.3) is 22.0 Å². The molecule has 8 nitrogen and oxygen atoms in total. The molecule has 168 valence electrons. The van der Waals surface area contributed by atoms with E-state index in [-0.39, 0.29) is 24.4 Å². The first-order valence-corrected chi connectivity index (χ1v) is 10.6. The minimum Gasteiger partial charge on any atom is -0.319 e. The Morgan fingerprint density at radius 2 is 1.91 bits per heavy atom. The summed E-state index contributed by atoms with van der Waals surface area (Å²) in [4.78, 5) is 19.1. The number of benzene rings is 1. The lowest BCUT2D eigenvalue weighted by Crippen LogP contribution is -2.38. The van der Waals surface area contributed by atoms with Gasteiger partial charge in [-0.25, -0.2) is 8.78 Å². The van der Waals surface area contributed by atoms with Gasteiger partial charge in [0.2, 0.25) is 0 Å². The molecule has 5 rings (SSSR count). The number of likely N-dealkylation sites (tertiary alicyclic amines) is 1. The molecule has 10 heteroatoms.